The molecular weight excluding hydrogens is 293 g/mol. The summed E-state index contributed by atoms with van der Waals surface area (Å²) in [7, 11) is 0. The molecule has 1 heterocycles. The molecule has 3 aromatic rings. The Morgan fingerprint density at radius 2 is 1.83 bits per heavy atom. The van der Waals surface area contributed by atoms with Gasteiger partial charge in [0.05, 0.1) is 19.2 Å². The molecule has 0 saturated heterocycles. The maximum atomic E-state index is 13.2. The molecule has 5 heteroatoms. The van der Waals surface area contributed by atoms with Crippen LogP contribution in [0.2, 0.25) is 0 Å². The number of rotatable bonds is 5. The summed E-state index contributed by atoms with van der Waals surface area (Å²) in [6, 6.07) is 17.7. The zero-order valence-electron chi connectivity index (χ0n) is 12.4. The van der Waals surface area contributed by atoms with Gasteiger partial charge in [-0.3, -0.25) is 4.79 Å². The maximum absolute atomic E-state index is 13.2. The van der Waals surface area contributed by atoms with Crippen LogP contribution in [0.5, 0.6) is 0 Å². The zero-order chi connectivity index (χ0) is 16.1. The van der Waals surface area contributed by atoms with Crippen LogP contribution in [-0.2, 0) is 17.8 Å². The van der Waals surface area contributed by atoms with Crippen molar-refractivity contribution in [2.24, 2.45) is 0 Å². The van der Waals surface area contributed by atoms with Crippen LogP contribution in [-0.4, -0.2) is 15.7 Å². The molecule has 0 saturated carbocycles. The first-order chi connectivity index (χ1) is 11.2. The molecule has 0 atom stereocenters. The molecule has 1 amide bonds. The van der Waals surface area contributed by atoms with Crippen LogP contribution in [0.15, 0.2) is 66.9 Å². The predicted octanol–water partition coefficient (Wildman–Crippen LogP) is 3.25. The molecule has 0 spiro atoms. The van der Waals surface area contributed by atoms with Crippen molar-refractivity contribution >= 4 is 11.7 Å². The van der Waals surface area contributed by atoms with Gasteiger partial charge < -0.3 is 5.32 Å². The number of carbonyl (C=O) groups is 1. The van der Waals surface area contributed by atoms with E-state index in [1.165, 1.54) is 12.1 Å². The molecule has 116 valence electrons. The molecule has 0 unspecified atom stereocenters. The third kappa shape index (κ3) is 4.03. The lowest BCUT2D eigenvalue weighted by Gasteiger charge is -2.09. The highest BCUT2D eigenvalue weighted by Crippen LogP contribution is 2.11. The average Bonchev–Trinajstić information content (AvgIpc) is 2.95. The highest BCUT2D eigenvalue weighted by atomic mass is 19.1. The van der Waals surface area contributed by atoms with Gasteiger partial charge >= 0.3 is 0 Å². The number of hydrogen-bond acceptors (Lipinski definition) is 2. The fourth-order valence-electron chi connectivity index (χ4n) is 2.34. The van der Waals surface area contributed by atoms with Gasteiger partial charge in [-0.15, -0.1) is 0 Å². The van der Waals surface area contributed by atoms with Gasteiger partial charge in [0.25, 0.3) is 0 Å². The van der Waals surface area contributed by atoms with Crippen molar-refractivity contribution in [1.82, 2.24) is 9.78 Å². The van der Waals surface area contributed by atoms with Crippen molar-refractivity contribution in [3.05, 3.63) is 83.8 Å². The summed E-state index contributed by atoms with van der Waals surface area (Å²) >= 11 is 0. The summed E-state index contributed by atoms with van der Waals surface area (Å²) in [4.78, 5) is 12.1. The number of nitrogens with one attached hydrogen (secondary N) is 1. The second kappa shape index (κ2) is 6.87. The normalized spacial score (nSPS) is 10.5. The third-order valence-corrected chi connectivity index (χ3v) is 3.41. The number of anilines is 1. The Kier molecular flexibility index (Phi) is 4.47. The summed E-state index contributed by atoms with van der Waals surface area (Å²) in [6.07, 6.45) is 1.76. The fraction of sp³-hybridized carbons (Fsp3) is 0.111. The molecule has 23 heavy (non-hydrogen) atoms. The molecule has 4 nitrogen and oxygen atoms in total. The summed E-state index contributed by atoms with van der Waals surface area (Å²) < 4.78 is 14.9. The van der Waals surface area contributed by atoms with Crippen LogP contribution in [0.4, 0.5) is 10.2 Å². The third-order valence-electron chi connectivity index (χ3n) is 3.41. The Morgan fingerprint density at radius 3 is 2.61 bits per heavy atom. The molecule has 2 aromatic carbocycles. The van der Waals surface area contributed by atoms with E-state index in [0.717, 1.165) is 5.56 Å². The molecule has 1 aromatic heterocycles. The quantitative estimate of drug-likeness (QED) is 0.786. The minimum absolute atomic E-state index is 0.119. The second-order valence-electron chi connectivity index (χ2n) is 5.21. The first-order valence-corrected chi connectivity index (χ1v) is 7.31. The molecule has 3 rings (SSSR count). The van der Waals surface area contributed by atoms with Crippen LogP contribution in [0, 0.1) is 5.82 Å². The number of halogens is 1. The Labute approximate surface area is 133 Å². The van der Waals surface area contributed by atoms with E-state index in [0.29, 0.717) is 17.9 Å². The number of hydrogen-bond donors (Lipinski definition) is 1. The monoisotopic (exact) mass is 309 g/mol. The molecule has 0 fully saturated rings. The molecule has 0 aliphatic heterocycles. The van der Waals surface area contributed by atoms with Gasteiger partial charge in [-0.2, -0.15) is 5.10 Å². The van der Waals surface area contributed by atoms with Gasteiger partial charge in [0.2, 0.25) is 5.91 Å². The number of benzene rings is 2. The largest absolute Gasteiger partial charge is 0.311 e. The van der Waals surface area contributed by atoms with Crippen LogP contribution >= 0.6 is 0 Å². The molecule has 0 radical (unpaired) electrons. The number of amides is 1. The Hall–Kier alpha value is -2.95. The van der Waals surface area contributed by atoms with E-state index >= 15 is 0 Å². The van der Waals surface area contributed by atoms with Gasteiger partial charge in [0.15, 0.2) is 0 Å². The van der Waals surface area contributed by atoms with E-state index < -0.39 is 0 Å². The minimum Gasteiger partial charge on any atom is -0.311 e. The van der Waals surface area contributed by atoms with E-state index in [2.05, 4.69) is 10.4 Å². The molecule has 0 aliphatic carbocycles. The summed E-state index contributed by atoms with van der Waals surface area (Å²) in [5.74, 6) is 0.0742. The standard InChI is InChI=1S/C18H16FN3O/c19-16-8-4-7-15(11-16)12-18(23)21-17-9-10-20-22(17)13-14-5-2-1-3-6-14/h1-11H,12-13H2,(H,21,23). The number of nitrogens with zero attached hydrogens (tertiary/aromatic N) is 2. The van der Waals surface area contributed by atoms with E-state index in [1.54, 1.807) is 29.1 Å². The van der Waals surface area contributed by atoms with Crippen molar-refractivity contribution in [2.45, 2.75) is 13.0 Å². The van der Waals surface area contributed by atoms with E-state index in [9.17, 15) is 9.18 Å². The fourth-order valence-corrected chi connectivity index (χ4v) is 2.34. The van der Waals surface area contributed by atoms with Gasteiger partial charge in [-0.05, 0) is 23.3 Å². The molecule has 0 bridgehead atoms. The predicted molar refractivity (Wildman–Crippen MR) is 86.5 cm³/mol. The molecule has 1 N–H and O–H groups in total. The number of aromatic nitrogens is 2. The summed E-state index contributed by atoms with van der Waals surface area (Å²) in [5, 5.41) is 7.05. The lowest BCUT2D eigenvalue weighted by atomic mass is 10.1. The van der Waals surface area contributed by atoms with E-state index in [1.807, 2.05) is 30.3 Å². The smallest absolute Gasteiger partial charge is 0.229 e. The topological polar surface area (TPSA) is 46.9 Å². The van der Waals surface area contributed by atoms with Crippen LogP contribution in [0.1, 0.15) is 11.1 Å². The van der Waals surface area contributed by atoms with Crippen LogP contribution in [0.25, 0.3) is 0 Å². The van der Waals surface area contributed by atoms with Gasteiger partial charge in [0, 0.05) is 6.07 Å². The molecular formula is C18H16FN3O. The van der Waals surface area contributed by atoms with Gasteiger partial charge in [-0.25, -0.2) is 9.07 Å². The first-order valence-electron chi connectivity index (χ1n) is 7.31. The van der Waals surface area contributed by atoms with Crippen LogP contribution in [0.3, 0.4) is 0 Å². The lowest BCUT2D eigenvalue weighted by Crippen LogP contribution is -2.18. The van der Waals surface area contributed by atoms with Crippen molar-refractivity contribution in [3.8, 4) is 0 Å². The summed E-state index contributed by atoms with van der Waals surface area (Å²) in [5.41, 5.74) is 1.73. The summed E-state index contributed by atoms with van der Waals surface area (Å²) in [6.45, 7) is 0.573. The highest BCUT2D eigenvalue weighted by Gasteiger charge is 2.09. The SMILES string of the molecule is O=C(Cc1cccc(F)c1)Nc1ccnn1Cc1ccccc1. The Morgan fingerprint density at radius 1 is 1.04 bits per heavy atom. The lowest BCUT2D eigenvalue weighted by molar-refractivity contribution is -0.115. The average molecular weight is 309 g/mol. The van der Waals surface area contributed by atoms with Crippen molar-refractivity contribution < 1.29 is 9.18 Å². The van der Waals surface area contributed by atoms with Crippen molar-refractivity contribution in [1.29, 1.82) is 0 Å². The van der Waals surface area contributed by atoms with Gasteiger partial charge in [0.1, 0.15) is 11.6 Å². The highest BCUT2D eigenvalue weighted by molar-refractivity contribution is 5.91. The van der Waals surface area contributed by atoms with Crippen LogP contribution < -0.4 is 5.32 Å². The van der Waals surface area contributed by atoms with Crippen molar-refractivity contribution in [3.63, 3.8) is 0 Å². The van der Waals surface area contributed by atoms with Crippen molar-refractivity contribution in [2.75, 3.05) is 5.32 Å². The molecule has 0 aliphatic rings. The Balaban J connectivity index is 1.66. The van der Waals surface area contributed by atoms with E-state index in [4.69, 9.17) is 0 Å². The number of carbonyl (C=O) groups excluding carboxylic acids is 1. The maximum Gasteiger partial charge on any atom is 0.229 e. The first kappa shape index (κ1) is 15.0. The second-order valence-corrected chi connectivity index (χ2v) is 5.21. The van der Waals surface area contributed by atoms with Gasteiger partial charge in [-0.1, -0.05) is 42.5 Å². The minimum atomic E-state index is -0.343. The Bertz CT molecular complexity index is 799. The zero-order valence-corrected chi connectivity index (χ0v) is 12.4. The van der Waals surface area contributed by atoms with E-state index in [-0.39, 0.29) is 18.1 Å².